The number of ketones is 1. The zero-order valence-electron chi connectivity index (χ0n) is 20.1. The van der Waals surface area contributed by atoms with E-state index in [4.69, 9.17) is 4.74 Å². The fourth-order valence-corrected chi connectivity index (χ4v) is 5.37. The number of nitrogens with zero attached hydrogens (tertiary/aromatic N) is 3. The van der Waals surface area contributed by atoms with E-state index in [9.17, 15) is 18.0 Å². The van der Waals surface area contributed by atoms with Crippen LogP contribution in [0.1, 0.15) is 51.0 Å². The van der Waals surface area contributed by atoms with Gasteiger partial charge in [-0.05, 0) is 68.0 Å². The second-order valence-electron chi connectivity index (χ2n) is 9.85. The van der Waals surface area contributed by atoms with Crippen LogP contribution in [-0.4, -0.2) is 34.8 Å². The maximum atomic E-state index is 14.1. The van der Waals surface area contributed by atoms with Crippen LogP contribution in [0.25, 0.3) is 22.0 Å². The number of carbonyl (C=O) groups is 1. The largest absolute Gasteiger partial charge is 0.490 e. The van der Waals surface area contributed by atoms with Crippen LogP contribution >= 0.6 is 0 Å². The van der Waals surface area contributed by atoms with E-state index in [1.54, 1.807) is 29.9 Å². The fourth-order valence-electron chi connectivity index (χ4n) is 5.37. The molecule has 5 rings (SSSR count). The number of benzene rings is 2. The molecule has 1 aliphatic carbocycles. The molecule has 0 unspecified atom stereocenters. The van der Waals surface area contributed by atoms with Crippen molar-refractivity contribution in [2.24, 2.45) is 13.0 Å². The van der Waals surface area contributed by atoms with Crippen LogP contribution in [0.5, 0.6) is 5.75 Å². The molecule has 0 spiro atoms. The van der Waals surface area contributed by atoms with Crippen molar-refractivity contribution in [1.82, 2.24) is 9.78 Å². The number of fused-ring (bicyclic) bond motifs is 1. The first-order chi connectivity index (χ1) is 16.7. The highest BCUT2D eigenvalue weighted by atomic mass is 19.4. The minimum Gasteiger partial charge on any atom is -0.490 e. The molecule has 0 N–H and O–H groups in total. The van der Waals surface area contributed by atoms with E-state index in [0.717, 1.165) is 31.1 Å². The van der Waals surface area contributed by atoms with Gasteiger partial charge in [-0.25, -0.2) is 0 Å². The highest BCUT2D eigenvalue weighted by Gasteiger charge is 2.36. The topological polar surface area (TPSA) is 47.4 Å². The van der Waals surface area contributed by atoms with Crippen LogP contribution in [0, 0.1) is 5.92 Å². The second kappa shape index (κ2) is 9.21. The number of carbonyl (C=O) groups excluding carboxylic acids is 1. The van der Waals surface area contributed by atoms with E-state index in [0.29, 0.717) is 48.3 Å². The first-order valence-electron chi connectivity index (χ1n) is 12.3. The average molecular weight is 486 g/mol. The predicted molar refractivity (Wildman–Crippen MR) is 130 cm³/mol. The summed E-state index contributed by atoms with van der Waals surface area (Å²) in [6.45, 7) is 3.23. The third-order valence-corrected chi connectivity index (χ3v) is 7.29. The van der Waals surface area contributed by atoms with E-state index in [-0.39, 0.29) is 23.5 Å². The lowest BCUT2D eigenvalue weighted by Gasteiger charge is -2.31. The number of aryl methyl sites for hydroxylation is 1. The van der Waals surface area contributed by atoms with Gasteiger partial charge in [-0.1, -0.05) is 6.07 Å². The molecule has 1 saturated carbocycles. The molecule has 35 heavy (non-hydrogen) atoms. The van der Waals surface area contributed by atoms with Crippen LogP contribution in [0.2, 0.25) is 0 Å². The number of halogens is 3. The van der Waals surface area contributed by atoms with Crippen LogP contribution in [0.4, 0.5) is 18.9 Å². The Bertz CT molecular complexity index is 1240. The molecule has 8 heteroatoms. The van der Waals surface area contributed by atoms with E-state index >= 15 is 0 Å². The molecule has 2 atom stereocenters. The van der Waals surface area contributed by atoms with Gasteiger partial charge >= 0.3 is 6.18 Å². The normalized spacial score (nSPS) is 20.0. The predicted octanol–water partition coefficient (Wildman–Crippen LogP) is 6.39. The molecule has 186 valence electrons. The first kappa shape index (κ1) is 23.7. The number of hydrogen-bond donors (Lipinski definition) is 0. The van der Waals surface area contributed by atoms with Crippen molar-refractivity contribution in [3.8, 4) is 16.9 Å². The quantitative estimate of drug-likeness (QED) is 0.420. The van der Waals surface area contributed by atoms with E-state index in [1.165, 1.54) is 6.07 Å². The van der Waals surface area contributed by atoms with Crippen LogP contribution < -0.4 is 9.64 Å². The van der Waals surface area contributed by atoms with Gasteiger partial charge in [0.25, 0.3) is 0 Å². The Morgan fingerprint density at radius 2 is 1.86 bits per heavy atom. The van der Waals surface area contributed by atoms with Gasteiger partial charge < -0.3 is 9.64 Å². The summed E-state index contributed by atoms with van der Waals surface area (Å²) in [4.78, 5) is 13.6. The Hall–Kier alpha value is -3.03. The van der Waals surface area contributed by atoms with E-state index < -0.39 is 11.7 Å². The molecule has 2 aromatic carbocycles. The summed E-state index contributed by atoms with van der Waals surface area (Å²) in [5, 5.41) is 5.29. The number of anilines is 1. The Kier molecular flexibility index (Phi) is 6.23. The van der Waals surface area contributed by atoms with Crippen molar-refractivity contribution in [3.63, 3.8) is 0 Å². The summed E-state index contributed by atoms with van der Waals surface area (Å²) in [5.74, 6) is 0.962. The molecule has 1 saturated heterocycles. The van der Waals surface area contributed by atoms with E-state index in [1.807, 2.05) is 24.1 Å². The van der Waals surface area contributed by atoms with Gasteiger partial charge in [0.1, 0.15) is 11.5 Å². The van der Waals surface area contributed by atoms with Crippen LogP contribution in [0.3, 0.4) is 0 Å². The molecule has 5 nitrogen and oxygen atoms in total. The monoisotopic (exact) mass is 485 g/mol. The number of ether oxygens (including phenoxy) is 1. The van der Waals surface area contributed by atoms with Crippen molar-refractivity contribution in [2.45, 2.75) is 57.7 Å². The second-order valence-corrected chi connectivity index (χ2v) is 9.85. The number of hydrogen-bond acceptors (Lipinski definition) is 4. The summed E-state index contributed by atoms with van der Waals surface area (Å²) in [6.07, 6.45) is 1.93. The van der Waals surface area contributed by atoms with Gasteiger partial charge in [-0.2, -0.15) is 18.3 Å². The highest BCUT2D eigenvalue weighted by molar-refractivity contribution is 5.90. The standard InChI is InChI=1S/C27H30F3N3O2/c1-17(18-6-8-21(34)12-18)35-26-15-20(14-24-22(26)16-32(2)31-24)19-7-9-25(23(13-19)27(28,29)30)33-10-4-3-5-11-33/h7,9,13-18H,3-6,8,10-12H2,1-2H3/t17-,18+/m1/s1. The van der Waals surface area contributed by atoms with Crippen molar-refractivity contribution >= 4 is 22.4 Å². The first-order valence-corrected chi connectivity index (χ1v) is 12.3. The lowest BCUT2D eigenvalue weighted by Crippen LogP contribution is -2.31. The van der Waals surface area contributed by atoms with E-state index in [2.05, 4.69) is 5.10 Å². The zero-order valence-corrected chi connectivity index (χ0v) is 20.1. The van der Waals surface area contributed by atoms with Crippen LogP contribution in [-0.2, 0) is 18.0 Å². The third-order valence-electron chi connectivity index (χ3n) is 7.29. The summed E-state index contributed by atoms with van der Waals surface area (Å²) in [5.41, 5.74) is 1.38. The Balaban J connectivity index is 1.54. The van der Waals surface area contributed by atoms with Crippen molar-refractivity contribution in [2.75, 3.05) is 18.0 Å². The SMILES string of the molecule is C[C@@H](Oc1cc(-c2ccc(N3CCCCC3)c(C(F)(F)F)c2)cc2nn(C)cc12)[C@H]1CCC(=O)C1. The molecule has 0 bridgehead atoms. The molecule has 0 radical (unpaired) electrons. The Morgan fingerprint density at radius 3 is 2.54 bits per heavy atom. The summed E-state index contributed by atoms with van der Waals surface area (Å²) >= 11 is 0. The van der Waals surface area contributed by atoms with Gasteiger partial charge in [0.05, 0.1) is 22.6 Å². The number of alkyl halides is 3. The molecular weight excluding hydrogens is 455 g/mol. The zero-order chi connectivity index (χ0) is 24.7. The van der Waals surface area contributed by atoms with Crippen LogP contribution in [0.15, 0.2) is 36.5 Å². The third kappa shape index (κ3) is 4.88. The van der Waals surface area contributed by atoms with Gasteiger partial charge in [0.2, 0.25) is 0 Å². The smallest absolute Gasteiger partial charge is 0.418 e. The molecule has 1 aliphatic heterocycles. The molecule has 2 aliphatic rings. The van der Waals surface area contributed by atoms with Crippen molar-refractivity contribution in [1.29, 1.82) is 0 Å². The molecule has 0 amide bonds. The Labute approximate surface area is 202 Å². The molecule has 3 aromatic rings. The van der Waals surface area contributed by atoms with Gasteiger partial charge in [-0.3, -0.25) is 9.48 Å². The lowest BCUT2D eigenvalue weighted by atomic mass is 9.98. The number of rotatable bonds is 5. The highest BCUT2D eigenvalue weighted by Crippen LogP contribution is 2.41. The van der Waals surface area contributed by atoms with Crippen molar-refractivity contribution < 1.29 is 22.7 Å². The maximum absolute atomic E-state index is 14.1. The summed E-state index contributed by atoms with van der Waals surface area (Å²) in [7, 11) is 1.80. The average Bonchev–Trinajstić information content (AvgIpc) is 3.43. The lowest BCUT2D eigenvalue weighted by molar-refractivity contribution is -0.137. The molecule has 1 aromatic heterocycles. The Morgan fingerprint density at radius 1 is 1.09 bits per heavy atom. The summed E-state index contributed by atoms with van der Waals surface area (Å²) in [6, 6.07) is 8.21. The molecular formula is C27H30F3N3O2. The number of aromatic nitrogens is 2. The minimum absolute atomic E-state index is 0.138. The van der Waals surface area contributed by atoms with Gasteiger partial charge in [0.15, 0.2) is 0 Å². The minimum atomic E-state index is -4.46. The number of Topliss-reactive ketones (excluding diaryl/α,β-unsaturated/α-hetero) is 1. The molecule has 2 heterocycles. The van der Waals surface area contributed by atoms with Gasteiger partial charge in [0, 0.05) is 50.8 Å². The maximum Gasteiger partial charge on any atom is 0.418 e. The molecule has 2 fully saturated rings. The summed E-state index contributed by atoms with van der Waals surface area (Å²) < 4.78 is 50.3. The van der Waals surface area contributed by atoms with Gasteiger partial charge in [-0.15, -0.1) is 0 Å². The number of piperidine rings is 1. The fraction of sp³-hybridized carbons (Fsp3) is 0.481. The van der Waals surface area contributed by atoms with Crippen molar-refractivity contribution in [3.05, 3.63) is 42.1 Å².